The van der Waals surface area contributed by atoms with Crippen LogP contribution in [0.25, 0.3) is 22.2 Å². The van der Waals surface area contributed by atoms with Crippen LogP contribution in [0.1, 0.15) is 15.9 Å². The number of rotatable bonds is 3. The van der Waals surface area contributed by atoms with E-state index in [9.17, 15) is 9.18 Å². The molecule has 1 aromatic heterocycles. The lowest BCUT2D eigenvalue weighted by Crippen LogP contribution is -2.14. The van der Waals surface area contributed by atoms with E-state index >= 15 is 0 Å². The number of hydrogen-bond acceptors (Lipinski definition) is 2. The fourth-order valence-electron chi connectivity index (χ4n) is 3.14. The van der Waals surface area contributed by atoms with Gasteiger partial charge in [0.15, 0.2) is 0 Å². The third-order valence-electron chi connectivity index (χ3n) is 4.56. The van der Waals surface area contributed by atoms with Crippen LogP contribution in [0.5, 0.6) is 0 Å². The molecule has 28 heavy (non-hydrogen) atoms. The number of carbonyl (C=O) groups excluding carboxylic acids is 1. The summed E-state index contributed by atoms with van der Waals surface area (Å²) in [5.74, 6) is -0.993. The number of nitrogens with one attached hydrogen (secondary N) is 1. The first kappa shape index (κ1) is 18.1. The molecule has 3 nitrogen and oxygen atoms in total. The van der Waals surface area contributed by atoms with Crippen LogP contribution >= 0.6 is 11.6 Å². The molecule has 4 rings (SSSR count). The predicted octanol–water partition coefficient (Wildman–Crippen LogP) is 6.26. The van der Waals surface area contributed by atoms with Crippen LogP contribution in [-0.2, 0) is 0 Å². The van der Waals surface area contributed by atoms with Gasteiger partial charge in [0.25, 0.3) is 5.91 Å². The molecule has 1 amide bonds. The second-order valence-corrected chi connectivity index (χ2v) is 6.90. The Morgan fingerprint density at radius 2 is 1.75 bits per heavy atom. The number of amides is 1. The molecule has 0 radical (unpaired) electrons. The number of benzene rings is 3. The normalized spacial score (nSPS) is 10.8. The van der Waals surface area contributed by atoms with E-state index < -0.39 is 11.7 Å². The molecule has 0 atom stereocenters. The summed E-state index contributed by atoms with van der Waals surface area (Å²) in [5, 5.41) is 3.61. The maximum Gasteiger partial charge on any atom is 0.256 e. The van der Waals surface area contributed by atoms with Crippen molar-refractivity contribution in [1.29, 1.82) is 0 Å². The zero-order chi connectivity index (χ0) is 19.7. The van der Waals surface area contributed by atoms with Gasteiger partial charge in [0, 0.05) is 16.0 Å². The minimum atomic E-state index is -0.585. The maximum absolute atomic E-state index is 14.1. The average Bonchev–Trinajstić information content (AvgIpc) is 2.69. The summed E-state index contributed by atoms with van der Waals surface area (Å²) in [6, 6.07) is 21.1. The predicted molar refractivity (Wildman–Crippen MR) is 111 cm³/mol. The lowest BCUT2D eigenvalue weighted by atomic mass is 10.0. The van der Waals surface area contributed by atoms with Gasteiger partial charge in [0.05, 0.1) is 22.5 Å². The molecule has 0 aliphatic heterocycles. The summed E-state index contributed by atoms with van der Waals surface area (Å²) >= 11 is 5.79. The number of aromatic nitrogens is 1. The SMILES string of the molecule is Cc1ccccc1-c1cc(C(=O)Nc2ccc(Cl)cc2F)c2ccccc2n1. The van der Waals surface area contributed by atoms with E-state index in [1.54, 1.807) is 6.07 Å². The summed E-state index contributed by atoms with van der Waals surface area (Å²) < 4.78 is 14.1. The molecule has 1 heterocycles. The van der Waals surface area contributed by atoms with Crippen molar-refractivity contribution in [2.24, 2.45) is 0 Å². The van der Waals surface area contributed by atoms with E-state index in [0.717, 1.165) is 11.1 Å². The van der Waals surface area contributed by atoms with Gasteiger partial charge in [-0.2, -0.15) is 0 Å². The lowest BCUT2D eigenvalue weighted by molar-refractivity contribution is 0.102. The molecule has 0 spiro atoms. The van der Waals surface area contributed by atoms with Crippen LogP contribution in [0.2, 0.25) is 5.02 Å². The van der Waals surface area contributed by atoms with Crippen molar-refractivity contribution in [2.45, 2.75) is 6.92 Å². The number of halogens is 2. The molecule has 138 valence electrons. The van der Waals surface area contributed by atoms with E-state index in [0.29, 0.717) is 22.2 Å². The van der Waals surface area contributed by atoms with Crippen molar-refractivity contribution < 1.29 is 9.18 Å². The van der Waals surface area contributed by atoms with Crippen molar-refractivity contribution in [1.82, 2.24) is 4.98 Å². The number of fused-ring (bicyclic) bond motifs is 1. The Morgan fingerprint density at radius 1 is 1.00 bits per heavy atom. The Bertz CT molecular complexity index is 1210. The first-order valence-corrected chi connectivity index (χ1v) is 9.13. The molecule has 0 bridgehead atoms. The molecular weight excluding hydrogens is 375 g/mol. The highest BCUT2D eigenvalue weighted by Crippen LogP contribution is 2.28. The van der Waals surface area contributed by atoms with Gasteiger partial charge in [-0.1, -0.05) is 54.1 Å². The van der Waals surface area contributed by atoms with Crippen LogP contribution < -0.4 is 5.32 Å². The van der Waals surface area contributed by atoms with Crippen molar-refractivity contribution >= 4 is 34.1 Å². The van der Waals surface area contributed by atoms with Crippen LogP contribution in [0.3, 0.4) is 0 Å². The molecular formula is C23H16ClFN2O. The fraction of sp³-hybridized carbons (Fsp3) is 0.0435. The molecule has 5 heteroatoms. The molecule has 0 fully saturated rings. The number of carbonyl (C=O) groups is 1. The number of hydrogen-bond donors (Lipinski definition) is 1. The average molecular weight is 391 g/mol. The van der Waals surface area contributed by atoms with Gasteiger partial charge in [-0.3, -0.25) is 4.79 Å². The molecule has 1 N–H and O–H groups in total. The van der Waals surface area contributed by atoms with Gasteiger partial charge < -0.3 is 5.32 Å². The van der Waals surface area contributed by atoms with Crippen LogP contribution in [-0.4, -0.2) is 10.9 Å². The minimum Gasteiger partial charge on any atom is -0.319 e. The first-order chi connectivity index (χ1) is 13.5. The molecule has 0 aliphatic rings. The topological polar surface area (TPSA) is 42.0 Å². The highest BCUT2D eigenvalue weighted by atomic mass is 35.5. The van der Waals surface area contributed by atoms with Crippen molar-refractivity contribution in [3.63, 3.8) is 0 Å². The van der Waals surface area contributed by atoms with Gasteiger partial charge in [-0.25, -0.2) is 9.37 Å². The third kappa shape index (κ3) is 3.47. The van der Waals surface area contributed by atoms with E-state index in [2.05, 4.69) is 5.32 Å². The Hall–Kier alpha value is -3.24. The standard InChI is InChI=1S/C23H16ClFN2O/c1-14-6-2-3-7-16(14)22-13-18(17-8-4-5-9-20(17)26-22)23(28)27-21-11-10-15(24)12-19(21)25/h2-13H,1H3,(H,27,28). The number of aryl methyl sites for hydroxylation is 1. The van der Waals surface area contributed by atoms with Gasteiger partial charge in [0.1, 0.15) is 5.82 Å². The minimum absolute atomic E-state index is 0.0766. The highest BCUT2D eigenvalue weighted by molar-refractivity contribution is 6.30. The van der Waals surface area contributed by atoms with Crippen molar-refractivity contribution in [3.05, 3.63) is 94.8 Å². The number of nitrogens with zero attached hydrogens (tertiary/aromatic N) is 1. The van der Waals surface area contributed by atoms with E-state index in [1.165, 1.54) is 18.2 Å². The monoisotopic (exact) mass is 390 g/mol. The quantitative estimate of drug-likeness (QED) is 0.449. The summed E-state index contributed by atoms with van der Waals surface area (Å²) in [6.07, 6.45) is 0. The molecule has 0 unspecified atom stereocenters. The number of pyridine rings is 1. The summed E-state index contributed by atoms with van der Waals surface area (Å²) in [5.41, 5.74) is 3.90. The summed E-state index contributed by atoms with van der Waals surface area (Å²) in [7, 11) is 0. The first-order valence-electron chi connectivity index (χ1n) is 8.75. The Balaban J connectivity index is 1.83. The smallest absolute Gasteiger partial charge is 0.256 e. The molecule has 4 aromatic rings. The van der Waals surface area contributed by atoms with E-state index in [1.807, 2.05) is 55.5 Å². The molecule has 0 saturated heterocycles. The third-order valence-corrected chi connectivity index (χ3v) is 4.80. The Labute approximate surface area is 166 Å². The second kappa shape index (κ2) is 7.41. The Kier molecular flexibility index (Phi) is 4.80. The van der Waals surface area contributed by atoms with Gasteiger partial charge in [-0.15, -0.1) is 0 Å². The second-order valence-electron chi connectivity index (χ2n) is 6.47. The highest BCUT2D eigenvalue weighted by Gasteiger charge is 2.16. The molecule has 0 aliphatic carbocycles. The van der Waals surface area contributed by atoms with E-state index in [4.69, 9.17) is 16.6 Å². The largest absolute Gasteiger partial charge is 0.319 e. The van der Waals surface area contributed by atoms with Crippen molar-refractivity contribution in [3.8, 4) is 11.3 Å². The van der Waals surface area contributed by atoms with Crippen molar-refractivity contribution in [2.75, 3.05) is 5.32 Å². The lowest BCUT2D eigenvalue weighted by Gasteiger charge is -2.12. The summed E-state index contributed by atoms with van der Waals surface area (Å²) in [4.78, 5) is 17.7. The fourth-order valence-corrected chi connectivity index (χ4v) is 3.30. The van der Waals surface area contributed by atoms with Crippen LogP contribution in [0, 0.1) is 12.7 Å². The maximum atomic E-state index is 14.1. The van der Waals surface area contributed by atoms with E-state index in [-0.39, 0.29) is 10.7 Å². The number of para-hydroxylation sites is 1. The zero-order valence-corrected chi connectivity index (χ0v) is 15.8. The molecule has 3 aromatic carbocycles. The van der Waals surface area contributed by atoms with Gasteiger partial charge >= 0.3 is 0 Å². The Morgan fingerprint density at radius 3 is 2.54 bits per heavy atom. The zero-order valence-electron chi connectivity index (χ0n) is 15.0. The molecule has 0 saturated carbocycles. The van der Waals surface area contributed by atoms with Crippen LogP contribution in [0.15, 0.2) is 72.8 Å². The van der Waals surface area contributed by atoms with Crippen LogP contribution in [0.4, 0.5) is 10.1 Å². The van der Waals surface area contributed by atoms with Gasteiger partial charge in [-0.05, 0) is 42.8 Å². The van der Waals surface area contributed by atoms with Gasteiger partial charge in [0.2, 0.25) is 0 Å². The summed E-state index contributed by atoms with van der Waals surface area (Å²) in [6.45, 7) is 2.00. The number of anilines is 1.